The molecule has 1 aromatic heterocycles. The number of H-pyrrole nitrogens is 1. The molecular weight excluding hydrogens is 110 g/mol. The Balaban J connectivity index is 3.01. The van der Waals surface area contributed by atoms with Crippen LogP contribution in [0.4, 0.5) is 0 Å². The van der Waals surface area contributed by atoms with E-state index in [9.17, 15) is 4.79 Å². The molecule has 0 aliphatic rings. The van der Waals surface area contributed by atoms with E-state index in [4.69, 9.17) is 0 Å². The zero-order valence-electron chi connectivity index (χ0n) is 4.30. The SMILES string of the molecule is COc1coc(=O)[nH]1. The van der Waals surface area contributed by atoms with Gasteiger partial charge < -0.3 is 9.15 Å². The molecule has 1 aromatic rings. The van der Waals surface area contributed by atoms with Crippen molar-refractivity contribution in [2.45, 2.75) is 0 Å². The van der Waals surface area contributed by atoms with Crippen molar-refractivity contribution < 1.29 is 9.15 Å². The van der Waals surface area contributed by atoms with E-state index in [1.165, 1.54) is 13.4 Å². The standard InChI is InChI=1S/C4H5NO3/c1-7-3-2-8-4(6)5-3/h2H,1H3,(H,5,6). The van der Waals surface area contributed by atoms with Crippen molar-refractivity contribution in [3.05, 3.63) is 16.8 Å². The Labute approximate surface area is 45.1 Å². The second-order valence-electron chi connectivity index (χ2n) is 1.22. The lowest BCUT2D eigenvalue weighted by Crippen LogP contribution is -1.95. The first-order valence-corrected chi connectivity index (χ1v) is 2.04. The number of aromatic nitrogens is 1. The molecule has 0 aliphatic heterocycles. The highest BCUT2D eigenvalue weighted by Crippen LogP contribution is 1.97. The normalized spacial score (nSPS) is 9.12. The van der Waals surface area contributed by atoms with Gasteiger partial charge in [0.2, 0.25) is 5.88 Å². The molecule has 0 fully saturated rings. The predicted molar refractivity (Wildman–Crippen MR) is 25.9 cm³/mol. The first-order chi connectivity index (χ1) is 3.83. The smallest absolute Gasteiger partial charge is 0.419 e. The maximum atomic E-state index is 10.1. The van der Waals surface area contributed by atoms with E-state index in [1.807, 2.05) is 0 Å². The minimum absolute atomic E-state index is 0.343. The lowest BCUT2D eigenvalue weighted by molar-refractivity contribution is 0.395. The van der Waals surface area contributed by atoms with Crippen LogP contribution in [0.15, 0.2) is 15.5 Å². The molecule has 0 spiro atoms. The van der Waals surface area contributed by atoms with Gasteiger partial charge in [-0.2, -0.15) is 0 Å². The van der Waals surface area contributed by atoms with Crippen molar-refractivity contribution in [1.82, 2.24) is 4.98 Å². The first kappa shape index (κ1) is 4.96. The average molecular weight is 115 g/mol. The summed E-state index contributed by atoms with van der Waals surface area (Å²) in [5.74, 6) is -0.156. The second kappa shape index (κ2) is 1.73. The highest BCUT2D eigenvalue weighted by molar-refractivity contribution is 4.96. The summed E-state index contributed by atoms with van der Waals surface area (Å²) in [7, 11) is 1.45. The maximum Gasteiger partial charge on any atom is 0.419 e. The zero-order valence-corrected chi connectivity index (χ0v) is 4.30. The molecule has 4 nitrogen and oxygen atoms in total. The Morgan fingerprint density at radius 2 is 2.62 bits per heavy atom. The van der Waals surface area contributed by atoms with Crippen LogP contribution in [0.3, 0.4) is 0 Å². The molecular formula is C4H5NO3. The molecule has 8 heavy (non-hydrogen) atoms. The number of rotatable bonds is 1. The number of hydrogen-bond acceptors (Lipinski definition) is 3. The van der Waals surface area contributed by atoms with Crippen molar-refractivity contribution in [2.24, 2.45) is 0 Å². The lowest BCUT2D eigenvalue weighted by Gasteiger charge is -1.84. The summed E-state index contributed by atoms with van der Waals surface area (Å²) in [6, 6.07) is 0. The van der Waals surface area contributed by atoms with Gasteiger partial charge in [0.05, 0.1) is 7.11 Å². The Morgan fingerprint density at radius 3 is 2.88 bits per heavy atom. The molecule has 0 unspecified atom stereocenters. The fourth-order valence-corrected chi connectivity index (χ4v) is 0.366. The van der Waals surface area contributed by atoms with Crippen molar-refractivity contribution in [2.75, 3.05) is 7.11 Å². The van der Waals surface area contributed by atoms with Crippen molar-refractivity contribution >= 4 is 0 Å². The zero-order chi connectivity index (χ0) is 5.98. The van der Waals surface area contributed by atoms with Gasteiger partial charge in [0.15, 0.2) is 6.26 Å². The Morgan fingerprint density at radius 1 is 1.88 bits per heavy atom. The largest absolute Gasteiger partial charge is 0.480 e. The molecule has 0 saturated carbocycles. The van der Waals surface area contributed by atoms with E-state index < -0.39 is 5.76 Å². The minimum atomic E-state index is -0.498. The quantitative estimate of drug-likeness (QED) is 0.559. The van der Waals surface area contributed by atoms with E-state index in [0.717, 1.165) is 0 Å². The highest BCUT2D eigenvalue weighted by atomic mass is 16.5. The van der Waals surface area contributed by atoms with Gasteiger partial charge in [0.1, 0.15) is 0 Å². The summed E-state index contributed by atoms with van der Waals surface area (Å²) in [5, 5.41) is 0. The third-order valence-electron chi connectivity index (χ3n) is 0.718. The Kier molecular flexibility index (Phi) is 1.07. The fourth-order valence-electron chi connectivity index (χ4n) is 0.366. The van der Waals surface area contributed by atoms with E-state index >= 15 is 0 Å². The van der Waals surface area contributed by atoms with Gasteiger partial charge in [0, 0.05) is 0 Å². The number of hydrogen-bond donors (Lipinski definition) is 1. The van der Waals surface area contributed by atoms with Crippen LogP contribution in [0, 0.1) is 0 Å². The van der Waals surface area contributed by atoms with Crippen LogP contribution in [0.5, 0.6) is 5.88 Å². The van der Waals surface area contributed by atoms with Crippen LogP contribution in [0.25, 0.3) is 0 Å². The fraction of sp³-hybridized carbons (Fsp3) is 0.250. The molecule has 0 aromatic carbocycles. The van der Waals surface area contributed by atoms with Gasteiger partial charge in [-0.15, -0.1) is 0 Å². The van der Waals surface area contributed by atoms with E-state index in [-0.39, 0.29) is 0 Å². The summed E-state index contributed by atoms with van der Waals surface area (Å²) in [5.41, 5.74) is 0. The molecule has 0 radical (unpaired) electrons. The third kappa shape index (κ3) is 0.726. The van der Waals surface area contributed by atoms with Gasteiger partial charge in [-0.3, -0.25) is 4.98 Å². The average Bonchev–Trinajstić information content (AvgIpc) is 2.14. The van der Waals surface area contributed by atoms with Crippen molar-refractivity contribution in [1.29, 1.82) is 0 Å². The molecule has 0 aliphatic carbocycles. The van der Waals surface area contributed by atoms with Crippen LogP contribution in [-0.4, -0.2) is 12.1 Å². The summed E-state index contributed by atoms with van der Waals surface area (Å²) in [6.45, 7) is 0. The molecule has 4 heteroatoms. The molecule has 0 bridgehead atoms. The van der Waals surface area contributed by atoms with Crippen molar-refractivity contribution in [3.8, 4) is 5.88 Å². The third-order valence-corrected chi connectivity index (χ3v) is 0.718. The van der Waals surface area contributed by atoms with E-state index in [1.54, 1.807) is 0 Å². The molecule has 0 amide bonds. The topological polar surface area (TPSA) is 55.2 Å². The number of ether oxygens (including phenoxy) is 1. The van der Waals surface area contributed by atoms with Gasteiger partial charge >= 0.3 is 5.76 Å². The maximum absolute atomic E-state index is 10.1. The lowest BCUT2D eigenvalue weighted by atomic mass is 10.9. The second-order valence-corrected chi connectivity index (χ2v) is 1.22. The minimum Gasteiger partial charge on any atom is -0.480 e. The van der Waals surface area contributed by atoms with Crippen LogP contribution >= 0.6 is 0 Å². The first-order valence-electron chi connectivity index (χ1n) is 2.04. The molecule has 1 N–H and O–H groups in total. The van der Waals surface area contributed by atoms with Crippen LogP contribution < -0.4 is 10.5 Å². The van der Waals surface area contributed by atoms with E-state index in [2.05, 4.69) is 14.1 Å². The molecule has 44 valence electrons. The number of nitrogens with one attached hydrogen (secondary N) is 1. The molecule has 0 atom stereocenters. The summed E-state index contributed by atoms with van der Waals surface area (Å²) < 4.78 is 8.90. The molecule has 1 rings (SSSR count). The van der Waals surface area contributed by atoms with Gasteiger partial charge in [-0.05, 0) is 0 Å². The summed E-state index contributed by atoms with van der Waals surface area (Å²) in [4.78, 5) is 12.4. The Bertz CT molecular complexity index is 211. The van der Waals surface area contributed by atoms with Gasteiger partial charge in [-0.1, -0.05) is 0 Å². The van der Waals surface area contributed by atoms with Crippen molar-refractivity contribution in [3.63, 3.8) is 0 Å². The van der Waals surface area contributed by atoms with Crippen LogP contribution in [-0.2, 0) is 0 Å². The summed E-state index contributed by atoms with van der Waals surface area (Å²) in [6.07, 6.45) is 1.21. The van der Waals surface area contributed by atoms with Gasteiger partial charge in [-0.25, -0.2) is 4.79 Å². The summed E-state index contributed by atoms with van der Waals surface area (Å²) >= 11 is 0. The number of aromatic amines is 1. The van der Waals surface area contributed by atoms with Crippen LogP contribution in [0.2, 0.25) is 0 Å². The molecule has 0 saturated heterocycles. The number of oxazole rings is 1. The van der Waals surface area contributed by atoms with Gasteiger partial charge in [0.25, 0.3) is 0 Å². The molecule has 1 heterocycles. The monoisotopic (exact) mass is 115 g/mol. The number of methoxy groups -OCH3 is 1. The predicted octanol–water partition coefficient (Wildman–Crippen LogP) is -0.0235. The Hall–Kier alpha value is -1.19. The highest BCUT2D eigenvalue weighted by Gasteiger charge is 1.91. The van der Waals surface area contributed by atoms with Crippen LogP contribution in [0.1, 0.15) is 0 Å². The van der Waals surface area contributed by atoms with E-state index in [0.29, 0.717) is 5.88 Å².